The van der Waals surface area contributed by atoms with E-state index in [1.807, 2.05) is 30.3 Å². The molecule has 0 aliphatic carbocycles. The molecule has 2 atom stereocenters. The van der Waals surface area contributed by atoms with Crippen molar-refractivity contribution in [1.29, 1.82) is 0 Å². The minimum atomic E-state index is -1.70. The van der Waals surface area contributed by atoms with Gasteiger partial charge in [-0.1, -0.05) is 60.1 Å². The average molecular weight is 464 g/mol. The summed E-state index contributed by atoms with van der Waals surface area (Å²) in [5.41, 5.74) is 0.801. The number of fused-ring (bicyclic) bond motifs is 1. The van der Waals surface area contributed by atoms with Gasteiger partial charge in [-0.25, -0.2) is 19.1 Å². The van der Waals surface area contributed by atoms with Gasteiger partial charge in [-0.3, -0.25) is 4.79 Å². The Labute approximate surface area is 194 Å². The van der Waals surface area contributed by atoms with Crippen molar-refractivity contribution >= 4 is 34.6 Å². The number of hydrogen-bond acceptors (Lipinski definition) is 4. The topological polar surface area (TPSA) is 75.3 Å². The third-order valence-corrected chi connectivity index (χ3v) is 6.21. The largest absolute Gasteiger partial charge is 0.424 e. The van der Waals surface area contributed by atoms with Gasteiger partial charge in [-0.05, 0) is 42.3 Å². The zero-order valence-electron chi connectivity index (χ0n) is 17.6. The minimum absolute atomic E-state index is 0.0858. The molecule has 1 N–H and O–H groups in total. The molecule has 8 heteroatoms. The van der Waals surface area contributed by atoms with E-state index in [1.54, 1.807) is 37.3 Å². The van der Waals surface area contributed by atoms with Crippen LogP contribution in [0.1, 0.15) is 29.9 Å². The minimum Gasteiger partial charge on any atom is -0.424 e. The summed E-state index contributed by atoms with van der Waals surface area (Å²) >= 11 is 6.30. The van der Waals surface area contributed by atoms with Crippen LogP contribution in [0.4, 0.5) is 9.18 Å². The fourth-order valence-corrected chi connectivity index (χ4v) is 4.38. The van der Waals surface area contributed by atoms with E-state index in [0.29, 0.717) is 21.6 Å². The predicted octanol–water partition coefficient (Wildman–Crippen LogP) is 5.53. The van der Waals surface area contributed by atoms with Crippen LogP contribution in [0.2, 0.25) is 5.02 Å². The Morgan fingerprint density at radius 1 is 1.06 bits per heavy atom. The van der Waals surface area contributed by atoms with Crippen LogP contribution in [0.25, 0.3) is 11.0 Å². The molecule has 2 amide bonds. The number of H-pyrrole nitrogens is 1. The number of imidazole rings is 1. The maximum Gasteiger partial charge on any atom is 0.418 e. The van der Waals surface area contributed by atoms with Crippen molar-refractivity contribution in [2.24, 2.45) is 0 Å². The maximum atomic E-state index is 13.9. The lowest BCUT2D eigenvalue weighted by molar-refractivity contribution is -0.139. The molecular formula is C25H19ClFN3O3. The molecule has 1 fully saturated rings. The van der Waals surface area contributed by atoms with Crippen molar-refractivity contribution in [1.82, 2.24) is 14.9 Å². The molecule has 4 aromatic rings. The summed E-state index contributed by atoms with van der Waals surface area (Å²) in [6.45, 7) is 1.69. The van der Waals surface area contributed by atoms with Crippen molar-refractivity contribution in [3.05, 3.63) is 101 Å². The Hall–Kier alpha value is -3.71. The molecule has 0 bridgehead atoms. The number of hydrogen-bond donors (Lipinski definition) is 1. The lowest BCUT2D eigenvalue weighted by Crippen LogP contribution is -2.42. The molecule has 3 aromatic carbocycles. The maximum absolute atomic E-state index is 13.9. The highest BCUT2D eigenvalue weighted by Crippen LogP contribution is 2.41. The van der Waals surface area contributed by atoms with Gasteiger partial charge in [0.2, 0.25) is 0 Å². The number of cyclic esters (lactones) is 1. The van der Waals surface area contributed by atoms with Crippen LogP contribution in [0.3, 0.4) is 0 Å². The predicted molar refractivity (Wildman–Crippen MR) is 121 cm³/mol. The number of ether oxygens (including phenoxy) is 1. The van der Waals surface area contributed by atoms with Gasteiger partial charge in [0.15, 0.2) is 5.82 Å². The molecule has 5 rings (SSSR count). The smallest absolute Gasteiger partial charge is 0.418 e. The van der Waals surface area contributed by atoms with Gasteiger partial charge < -0.3 is 9.72 Å². The van der Waals surface area contributed by atoms with E-state index in [9.17, 15) is 14.0 Å². The van der Waals surface area contributed by atoms with Gasteiger partial charge in [-0.15, -0.1) is 0 Å². The van der Waals surface area contributed by atoms with Gasteiger partial charge in [0.05, 0.1) is 16.6 Å². The Balaban J connectivity index is 1.62. The number of nitrogens with zero attached hydrogens (tertiary/aromatic N) is 2. The van der Waals surface area contributed by atoms with Gasteiger partial charge in [0, 0.05) is 6.42 Å². The second-order valence-corrected chi connectivity index (χ2v) is 8.39. The number of rotatable bonds is 5. The Kier molecular flexibility index (Phi) is 5.13. The zero-order chi connectivity index (χ0) is 23.2. The summed E-state index contributed by atoms with van der Waals surface area (Å²) in [6, 6.07) is 19.5. The van der Waals surface area contributed by atoms with Crippen LogP contribution >= 0.6 is 11.6 Å². The molecule has 0 radical (unpaired) electrons. The number of carbonyl (C=O) groups is 2. The molecule has 166 valence electrons. The lowest BCUT2D eigenvalue weighted by Gasteiger charge is -2.25. The summed E-state index contributed by atoms with van der Waals surface area (Å²) < 4.78 is 19.2. The highest BCUT2D eigenvalue weighted by Gasteiger charge is 2.58. The summed E-state index contributed by atoms with van der Waals surface area (Å²) in [6.07, 6.45) is -0.707. The molecule has 6 nitrogen and oxygen atoms in total. The quantitative estimate of drug-likeness (QED) is 0.422. The highest BCUT2D eigenvalue weighted by molar-refractivity contribution is 6.34. The molecule has 1 saturated heterocycles. The van der Waals surface area contributed by atoms with E-state index >= 15 is 0 Å². The molecule has 1 aliphatic heterocycles. The Morgan fingerprint density at radius 2 is 1.79 bits per heavy atom. The van der Waals surface area contributed by atoms with Crippen molar-refractivity contribution in [3.63, 3.8) is 0 Å². The average Bonchev–Trinajstić information content (AvgIpc) is 3.35. The molecule has 33 heavy (non-hydrogen) atoms. The number of nitrogens with one attached hydrogen (secondary N) is 1. The second-order valence-electron chi connectivity index (χ2n) is 7.98. The summed E-state index contributed by atoms with van der Waals surface area (Å²) in [7, 11) is 0. The summed E-state index contributed by atoms with van der Waals surface area (Å²) in [5.74, 6) is -0.760. The third kappa shape index (κ3) is 3.54. The van der Waals surface area contributed by atoms with Crippen molar-refractivity contribution in [2.45, 2.75) is 25.0 Å². The first-order chi connectivity index (χ1) is 15.9. The number of imide groups is 1. The van der Waals surface area contributed by atoms with E-state index in [1.165, 1.54) is 12.1 Å². The molecular weight excluding hydrogens is 445 g/mol. The number of halogens is 2. The Morgan fingerprint density at radius 3 is 2.48 bits per heavy atom. The Bertz CT molecular complexity index is 1360. The normalized spacial score (nSPS) is 19.2. The number of amides is 2. The third-order valence-electron chi connectivity index (χ3n) is 5.90. The SMILES string of the molecule is CC(c1ccc(F)cc1)N1C(=O)OC(Cc2ccccc2)(c2nc3c(Cl)cccc3[nH]2)C1=O. The standard InChI is InChI=1S/C25H19ClFN3O3/c1-15(17-10-12-18(27)13-11-17)30-23(31)25(33-24(30)32,14-16-6-3-2-4-7-16)22-28-20-9-5-8-19(26)21(20)29-22/h2-13,15H,14H2,1H3,(H,28,29). The number of carbonyl (C=O) groups excluding carboxylic acids is 2. The first-order valence-corrected chi connectivity index (χ1v) is 10.8. The molecule has 0 spiro atoms. The summed E-state index contributed by atoms with van der Waals surface area (Å²) in [5, 5.41) is 0.415. The highest BCUT2D eigenvalue weighted by atomic mass is 35.5. The van der Waals surface area contributed by atoms with Crippen LogP contribution in [-0.2, 0) is 21.6 Å². The van der Waals surface area contributed by atoms with Crippen LogP contribution in [-0.4, -0.2) is 26.9 Å². The van der Waals surface area contributed by atoms with Crippen LogP contribution in [0, 0.1) is 5.82 Å². The number of aromatic amines is 1. The fraction of sp³-hybridized carbons (Fsp3) is 0.160. The van der Waals surface area contributed by atoms with Gasteiger partial charge >= 0.3 is 6.09 Å². The van der Waals surface area contributed by atoms with Crippen molar-refractivity contribution in [2.75, 3.05) is 0 Å². The lowest BCUT2D eigenvalue weighted by atomic mass is 9.92. The molecule has 1 aliphatic rings. The van der Waals surface area contributed by atoms with Crippen molar-refractivity contribution < 1.29 is 18.7 Å². The fourth-order valence-electron chi connectivity index (χ4n) is 4.16. The van der Waals surface area contributed by atoms with E-state index in [2.05, 4.69) is 9.97 Å². The van der Waals surface area contributed by atoms with Crippen LogP contribution in [0.5, 0.6) is 0 Å². The molecule has 2 unspecified atom stereocenters. The summed E-state index contributed by atoms with van der Waals surface area (Å²) in [4.78, 5) is 35.7. The first kappa shape index (κ1) is 21.2. The van der Waals surface area contributed by atoms with E-state index in [4.69, 9.17) is 16.3 Å². The van der Waals surface area contributed by atoms with Crippen LogP contribution < -0.4 is 0 Å². The number of aromatic nitrogens is 2. The van der Waals surface area contributed by atoms with Gasteiger partial charge in [0.1, 0.15) is 11.3 Å². The number of benzene rings is 3. The van der Waals surface area contributed by atoms with E-state index < -0.39 is 29.5 Å². The van der Waals surface area contributed by atoms with Gasteiger partial charge in [0.25, 0.3) is 11.5 Å². The molecule has 0 saturated carbocycles. The zero-order valence-corrected chi connectivity index (χ0v) is 18.3. The molecule has 2 heterocycles. The monoisotopic (exact) mass is 463 g/mol. The van der Waals surface area contributed by atoms with E-state index in [0.717, 1.165) is 10.5 Å². The first-order valence-electron chi connectivity index (χ1n) is 10.4. The van der Waals surface area contributed by atoms with Crippen LogP contribution in [0.15, 0.2) is 72.8 Å². The number of para-hydroxylation sites is 1. The van der Waals surface area contributed by atoms with Gasteiger partial charge in [-0.2, -0.15) is 0 Å². The second kappa shape index (κ2) is 8.01. The van der Waals surface area contributed by atoms with Crippen molar-refractivity contribution in [3.8, 4) is 0 Å². The van der Waals surface area contributed by atoms with E-state index in [-0.39, 0.29) is 12.2 Å². The molecule has 1 aromatic heterocycles.